The molecule has 1 aliphatic rings. The van der Waals surface area contributed by atoms with E-state index in [1.165, 1.54) is 0 Å². The molecule has 1 N–H and O–H groups in total. The van der Waals surface area contributed by atoms with Crippen LogP contribution in [-0.4, -0.2) is 35.7 Å². The van der Waals surface area contributed by atoms with E-state index in [0.29, 0.717) is 0 Å². The zero-order valence-corrected chi connectivity index (χ0v) is 8.72. The highest BCUT2D eigenvalue weighted by Gasteiger charge is 2.45. The van der Waals surface area contributed by atoms with E-state index >= 15 is 0 Å². The van der Waals surface area contributed by atoms with Gasteiger partial charge in [0.25, 0.3) is 0 Å². The first-order valence-corrected chi connectivity index (χ1v) is 4.82. The highest BCUT2D eigenvalue weighted by atomic mass is 16.3. The summed E-state index contributed by atoms with van der Waals surface area (Å²) in [6, 6.07) is 0. The van der Waals surface area contributed by atoms with E-state index in [1.54, 1.807) is 0 Å². The molecule has 0 aromatic rings. The summed E-state index contributed by atoms with van der Waals surface area (Å²) in [4.78, 5) is 2.31. The Balaban J connectivity index is 2.78. The maximum Gasteiger partial charge on any atom is 0.0697 e. The maximum absolute atomic E-state index is 10.2. The van der Waals surface area contributed by atoms with Crippen molar-refractivity contribution >= 4 is 0 Å². The topological polar surface area (TPSA) is 23.5 Å². The van der Waals surface area contributed by atoms with Gasteiger partial charge < -0.3 is 10.0 Å². The summed E-state index contributed by atoms with van der Waals surface area (Å²) in [5.74, 6) is 0. The van der Waals surface area contributed by atoms with E-state index in [9.17, 15) is 5.11 Å². The van der Waals surface area contributed by atoms with Crippen molar-refractivity contribution in [1.82, 2.24) is 4.90 Å². The zero-order chi connectivity index (χ0) is 9.41. The largest absolute Gasteiger partial charge is 0.390 e. The lowest BCUT2D eigenvalue weighted by atomic mass is 9.68. The summed E-state index contributed by atoms with van der Waals surface area (Å²) in [7, 11) is 2.13. The molecule has 2 atom stereocenters. The Morgan fingerprint density at radius 3 is 2.42 bits per heavy atom. The van der Waals surface area contributed by atoms with Crippen LogP contribution in [0.5, 0.6) is 0 Å². The molecule has 0 aliphatic carbocycles. The van der Waals surface area contributed by atoms with Gasteiger partial charge in [0.2, 0.25) is 0 Å². The summed E-state index contributed by atoms with van der Waals surface area (Å²) in [6.45, 7) is 8.35. The number of piperidine rings is 1. The van der Waals surface area contributed by atoms with Crippen LogP contribution in [0.15, 0.2) is 0 Å². The molecule has 0 radical (unpaired) electrons. The summed E-state index contributed by atoms with van der Waals surface area (Å²) in [5, 5.41) is 10.2. The third kappa shape index (κ3) is 1.50. The second-order valence-electron chi connectivity index (χ2n) is 4.68. The van der Waals surface area contributed by atoms with Crippen molar-refractivity contribution in [3.05, 3.63) is 0 Å². The van der Waals surface area contributed by atoms with Gasteiger partial charge in [-0.15, -0.1) is 0 Å². The first-order chi connectivity index (χ1) is 5.41. The molecule has 1 saturated heterocycles. The third-order valence-electron chi connectivity index (χ3n) is 3.68. The van der Waals surface area contributed by atoms with Crippen molar-refractivity contribution < 1.29 is 5.11 Å². The second-order valence-corrected chi connectivity index (χ2v) is 4.68. The highest BCUT2D eigenvalue weighted by Crippen LogP contribution is 2.40. The number of nitrogens with zero attached hydrogens (tertiary/aromatic N) is 1. The van der Waals surface area contributed by atoms with Gasteiger partial charge in [-0.25, -0.2) is 0 Å². The van der Waals surface area contributed by atoms with Crippen molar-refractivity contribution in [2.24, 2.45) is 5.41 Å². The molecule has 2 heteroatoms. The van der Waals surface area contributed by atoms with Gasteiger partial charge in [0.1, 0.15) is 0 Å². The van der Waals surface area contributed by atoms with Gasteiger partial charge in [-0.2, -0.15) is 0 Å². The normalized spacial score (nSPS) is 44.8. The van der Waals surface area contributed by atoms with Gasteiger partial charge in [0.15, 0.2) is 0 Å². The molecule has 1 fully saturated rings. The van der Waals surface area contributed by atoms with Gasteiger partial charge in [-0.3, -0.25) is 0 Å². The number of likely N-dealkylation sites (tertiary alicyclic amines) is 1. The molecule has 0 amide bonds. The zero-order valence-electron chi connectivity index (χ0n) is 8.72. The van der Waals surface area contributed by atoms with Crippen LogP contribution in [0.3, 0.4) is 0 Å². The minimum Gasteiger partial charge on any atom is -0.390 e. The monoisotopic (exact) mass is 171 g/mol. The van der Waals surface area contributed by atoms with E-state index in [4.69, 9.17) is 0 Å². The van der Waals surface area contributed by atoms with Gasteiger partial charge in [-0.1, -0.05) is 13.8 Å². The molecule has 0 spiro atoms. The predicted molar refractivity (Wildman–Crippen MR) is 51.1 cm³/mol. The Hall–Kier alpha value is -0.0800. The van der Waals surface area contributed by atoms with Gasteiger partial charge >= 0.3 is 0 Å². The van der Waals surface area contributed by atoms with Crippen LogP contribution in [-0.2, 0) is 0 Å². The number of aliphatic hydroxyl groups is 1. The smallest absolute Gasteiger partial charge is 0.0697 e. The van der Waals surface area contributed by atoms with E-state index in [2.05, 4.69) is 25.8 Å². The quantitative estimate of drug-likeness (QED) is 0.646. The molecule has 1 heterocycles. The fourth-order valence-corrected chi connectivity index (χ4v) is 2.05. The molecule has 72 valence electrons. The van der Waals surface area contributed by atoms with Gasteiger partial charge in [0, 0.05) is 18.5 Å². The molecule has 0 aromatic carbocycles. The molecule has 2 nitrogen and oxygen atoms in total. The van der Waals surface area contributed by atoms with E-state index in [1.807, 2.05) is 6.92 Å². The average molecular weight is 171 g/mol. The molecular weight excluding hydrogens is 150 g/mol. The van der Waals surface area contributed by atoms with Crippen LogP contribution in [0.4, 0.5) is 0 Å². The van der Waals surface area contributed by atoms with Crippen molar-refractivity contribution in [1.29, 1.82) is 0 Å². The Bertz CT molecular complexity index is 167. The van der Waals surface area contributed by atoms with Crippen molar-refractivity contribution in [3.8, 4) is 0 Å². The Morgan fingerprint density at radius 2 is 2.00 bits per heavy atom. The summed E-state index contributed by atoms with van der Waals surface area (Å²) in [5.41, 5.74) is -0.408. The van der Waals surface area contributed by atoms with Crippen molar-refractivity contribution in [3.63, 3.8) is 0 Å². The number of hydrogen-bond donors (Lipinski definition) is 1. The van der Waals surface area contributed by atoms with Gasteiger partial charge in [-0.05, 0) is 26.8 Å². The van der Waals surface area contributed by atoms with Crippen molar-refractivity contribution in [2.45, 2.75) is 39.2 Å². The Kier molecular flexibility index (Phi) is 2.50. The maximum atomic E-state index is 10.2. The highest BCUT2D eigenvalue weighted by molar-refractivity contribution is 4.97. The van der Waals surface area contributed by atoms with E-state index in [0.717, 1.165) is 25.9 Å². The Labute approximate surface area is 75.6 Å². The van der Waals surface area contributed by atoms with Crippen LogP contribution in [0.1, 0.15) is 33.6 Å². The molecule has 0 saturated carbocycles. The van der Waals surface area contributed by atoms with Crippen LogP contribution < -0.4 is 0 Å². The fraction of sp³-hybridized carbons (Fsp3) is 1.00. The number of hydrogen-bond acceptors (Lipinski definition) is 2. The lowest BCUT2D eigenvalue weighted by Crippen LogP contribution is -2.55. The van der Waals surface area contributed by atoms with Crippen LogP contribution in [0.2, 0.25) is 0 Å². The first-order valence-electron chi connectivity index (χ1n) is 4.82. The molecule has 2 unspecified atom stereocenters. The standard InChI is InChI=1S/C10H21NO/c1-5-9(2)8-11(4)7-6-10(9,3)12/h12H,5-8H2,1-4H3. The molecular formula is C10H21NO. The summed E-state index contributed by atoms with van der Waals surface area (Å²) in [6.07, 6.45) is 1.94. The average Bonchev–Trinajstić information content (AvgIpc) is 1.98. The van der Waals surface area contributed by atoms with Crippen LogP contribution in [0.25, 0.3) is 0 Å². The van der Waals surface area contributed by atoms with Gasteiger partial charge in [0.05, 0.1) is 5.60 Å². The fourth-order valence-electron chi connectivity index (χ4n) is 2.05. The van der Waals surface area contributed by atoms with E-state index < -0.39 is 5.60 Å². The first kappa shape index (κ1) is 10.0. The van der Waals surface area contributed by atoms with E-state index in [-0.39, 0.29) is 5.41 Å². The molecule has 1 aliphatic heterocycles. The van der Waals surface area contributed by atoms with Crippen LogP contribution >= 0.6 is 0 Å². The number of rotatable bonds is 1. The predicted octanol–water partition coefficient (Wildman–Crippen LogP) is 1.49. The van der Waals surface area contributed by atoms with Crippen molar-refractivity contribution in [2.75, 3.05) is 20.1 Å². The third-order valence-corrected chi connectivity index (χ3v) is 3.68. The molecule has 0 bridgehead atoms. The lowest BCUT2D eigenvalue weighted by Gasteiger charge is -2.49. The van der Waals surface area contributed by atoms with Crippen LogP contribution in [0, 0.1) is 5.41 Å². The SMILES string of the molecule is CCC1(C)CN(C)CCC1(C)O. The summed E-state index contributed by atoms with van der Waals surface area (Å²) < 4.78 is 0. The molecule has 0 aromatic heterocycles. The minimum atomic E-state index is -0.478. The summed E-state index contributed by atoms with van der Waals surface area (Å²) >= 11 is 0. The second kappa shape index (κ2) is 3.00. The minimum absolute atomic E-state index is 0.0694. The Morgan fingerprint density at radius 1 is 1.42 bits per heavy atom. The lowest BCUT2D eigenvalue weighted by molar-refractivity contribution is -0.111. The molecule has 12 heavy (non-hydrogen) atoms. The molecule has 1 rings (SSSR count).